The van der Waals surface area contributed by atoms with E-state index in [0.29, 0.717) is 6.54 Å². The van der Waals surface area contributed by atoms with Crippen LogP contribution in [-0.2, 0) is 5.75 Å². The van der Waals surface area contributed by atoms with Crippen LogP contribution in [0.1, 0.15) is 5.56 Å². The first-order chi connectivity index (χ1) is 6.84. The van der Waals surface area contributed by atoms with E-state index in [4.69, 9.17) is 0 Å². The summed E-state index contributed by atoms with van der Waals surface area (Å²) >= 11 is 1.57. The molecule has 72 valence electrons. The number of aliphatic imine (C=N–C) groups is 2. The van der Waals surface area contributed by atoms with Gasteiger partial charge in [0.15, 0.2) is 5.17 Å². The molecule has 0 radical (unpaired) electrons. The fourth-order valence-electron chi connectivity index (χ4n) is 1.09. The van der Waals surface area contributed by atoms with Crippen LogP contribution in [0.4, 0.5) is 4.39 Å². The van der Waals surface area contributed by atoms with Crippen molar-refractivity contribution in [2.24, 2.45) is 9.98 Å². The molecule has 1 aliphatic rings. The maximum Gasteiger partial charge on any atom is 0.183 e. The van der Waals surface area contributed by atoms with Crippen molar-refractivity contribution in [2.45, 2.75) is 5.75 Å². The standard InChI is InChI=1S/C10H9FN2S/c11-9-3-1-8(2-4-9)7-14-10-12-5-6-13-10/h1-5H,6-7H2. The van der Waals surface area contributed by atoms with Crippen molar-refractivity contribution in [3.8, 4) is 0 Å². The van der Waals surface area contributed by atoms with Gasteiger partial charge in [0.2, 0.25) is 0 Å². The first kappa shape index (κ1) is 9.40. The highest BCUT2D eigenvalue weighted by molar-refractivity contribution is 8.13. The third-order valence-corrected chi connectivity index (χ3v) is 2.76. The first-order valence-electron chi connectivity index (χ1n) is 4.29. The smallest absolute Gasteiger partial charge is 0.183 e. The van der Waals surface area contributed by atoms with E-state index in [1.54, 1.807) is 30.1 Å². The summed E-state index contributed by atoms with van der Waals surface area (Å²) in [4.78, 5) is 8.23. The van der Waals surface area contributed by atoms with E-state index in [1.165, 1.54) is 12.1 Å². The van der Waals surface area contributed by atoms with Crippen LogP contribution in [-0.4, -0.2) is 17.9 Å². The summed E-state index contributed by atoms with van der Waals surface area (Å²) in [6.45, 7) is 0.686. The number of benzene rings is 1. The van der Waals surface area contributed by atoms with Crippen LogP contribution in [0.2, 0.25) is 0 Å². The van der Waals surface area contributed by atoms with Crippen molar-refractivity contribution in [3.63, 3.8) is 0 Å². The van der Waals surface area contributed by atoms with E-state index in [2.05, 4.69) is 9.98 Å². The number of hydrogen-bond donors (Lipinski definition) is 0. The Kier molecular flexibility index (Phi) is 2.93. The third kappa shape index (κ3) is 2.42. The van der Waals surface area contributed by atoms with Crippen LogP contribution in [0.3, 0.4) is 0 Å². The van der Waals surface area contributed by atoms with Gasteiger partial charge in [-0.15, -0.1) is 0 Å². The minimum Gasteiger partial charge on any atom is -0.255 e. The summed E-state index contributed by atoms with van der Waals surface area (Å²) in [6, 6.07) is 6.49. The second kappa shape index (κ2) is 4.37. The number of halogens is 1. The average Bonchev–Trinajstić information content (AvgIpc) is 2.70. The van der Waals surface area contributed by atoms with E-state index in [1.807, 2.05) is 0 Å². The second-order valence-electron chi connectivity index (χ2n) is 2.85. The topological polar surface area (TPSA) is 24.7 Å². The number of hydrogen-bond acceptors (Lipinski definition) is 3. The summed E-state index contributed by atoms with van der Waals surface area (Å²) in [6.07, 6.45) is 1.78. The van der Waals surface area contributed by atoms with E-state index < -0.39 is 0 Å². The molecule has 0 saturated heterocycles. The molecule has 2 nitrogen and oxygen atoms in total. The SMILES string of the molecule is Fc1ccc(CSC2=NCC=N2)cc1. The molecule has 1 heterocycles. The Bertz CT molecular complexity index is 370. The van der Waals surface area contributed by atoms with Gasteiger partial charge in [0.1, 0.15) is 5.82 Å². The molecule has 0 spiro atoms. The van der Waals surface area contributed by atoms with Crippen LogP contribution in [0.5, 0.6) is 0 Å². The quantitative estimate of drug-likeness (QED) is 0.732. The highest BCUT2D eigenvalue weighted by Gasteiger charge is 2.02. The van der Waals surface area contributed by atoms with Gasteiger partial charge in [0.05, 0.1) is 6.54 Å². The molecule has 0 atom stereocenters. The van der Waals surface area contributed by atoms with Crippen molar-refractivity contribution < 1.29 is 4.39 Å². The monoisotopic (exact) mass is 208 g/mol. The average molecular weight is 208 g/mol. The van der Waals surface area contributed by atoms with Gasteiger partial charge < -0.3 is 0 Å². The molecule has 1 aromatic rings. The van der Waals surface area contributed by atoms with Crippen molar-refractivity contribution >= 4 is 23.1 Å². The molecular weight excluding hydrogens is 199 g/mol. The molecule has 0 amide bonds. The zero-order chi connectivity index (χ0) is 9.80. The highest BCUT2D eigenvalue weighted by atomic mass is 32.2. The summed E-state index contributed by atoms with van der Waals surface area (Å²) in [5, 5.41) is 0.814. The lowest BCUT2D eigenvalue weighted by Gasteiger charge is -1.98. The van der Waals surface area contributed by atoms with E-state index in [9.17, 15) is 4.39 Å². The summed E-state index contributed by atoms with van der Waals surface area (Å²) in [7, 11) is 0. The normalized spacial score (nSPS) is 14.5. The molecule has 0 fully saturated rings. The van der Waals surface area contributed by atoms with E-state index >= 15 is 0 Å². The van der Waals surface area contributed by atoms with Gasteiger partial charge >= 0.3 is 0 Å². The van der Waals surface area contributed by atoms with Crippen LogP contribution in [0.15, 0.2) is 34.3 Å². The number of nitrogens with zero attached hydrogens (tertiary/aromatic N) is 2. The molecule has 0 bridgehead atoms. The lowest BCUT2D eigenvalue weighted by molar-refractivity contribution is 0.627. The molecular formula is C10H9FN2S. The molecule has 0 aliphatic carbocycles. The van der Waals surface area contributed by atoms with Crippen molar-refractivity contribution in [1.29, 1.82) is 0 Å². The number of rotatable bonds is 2. The van der Waals surface area contributed by atoms with Gasteiger partial charge in [-0.1, -0.05) is 23.9 Å². The molecule has 0 saturated carbocycles. The van der Waals surface area contributed by atoms with Crippen LogP contribution >= 0.6 is 11.8 Å². The molecule has 1 aliphatic heterocycles. The predicted octanol–water partition coefficient (Wildman–Crippen LogP) is 2.50. The van der Waals surface area contributed by atoms with Crippen molar-refractivity contribution in [2.75, 3.05) is 6.54 Å². The van der Waals surface area contributed by atoms with Crippen LogP contribution in [0, 0.1) is 5.82 Å². The molecule has 4 heteroatoms. The molecule has 0 aromatic heterocycles. The second-order valence-corrected chi connectivity index (χ2v) is 3.79. The first-order valence-corrected chi connectivity index (χ1v) is 5.27. The number of amidine groups is 1. The maximum atomic E-state index is 12.6. The van der Waals surface area contributed by atoms with E-state index in [0.717, 1.165) is 16.5 Å². The fourth-order valence-corrected chi connectivity index (χ4v) is 1.89. The molecule has 0 unspecified atom stereocenters. The minimum atomic E-state index is -0.199. The van der Waals surface area contributed by atoms with Gasteiger partial charge in [-0.2, -0.15) is 0 Å². The van der Waals surface area contributed by atoms with Crippen molar-refractivity contribution in [3.05, 3.63) is 35.6 Å². The molecule has 14 heavy (non-hydrogen) atoms. The highest BCUT2D eigenvalue weighted by Crippen LogP contribution is 2.16. The fraction of sp³-hybridized carbons (Fsp3) is 0.200. The minimum absolute atomic E-state index is 0.199. The van der Waals surface area contributed by atoms with E-state index in [-0.39, 0.29) is 5.82 Å². The lowest BCUT2D eigenvalue weighted by Crippen LogP contribution is -1.86. The Labute approximate surface area is 86.0 Å². The Morgan fingerprint density at radius 2 is 2.07 bits per heavy atom. The van der Waals surface area contributed by atoms with Gasteiger partial charge in [0.25, 0.3) is 0 Å². The Hall–Kier alpha value is -1.16. The molecule has 2 rings (SSSR count). The third-order valence-electron chi connectivity index (χ3n) is 1.79. The van der Waals surface area contributed by atoms with Gasteiger partial charge in [-0.05, 0) is 17.7 Å². The summed E-state index contributed by atoms with van der Waals surface area (Å²) in [5.41, 5.74) is 1.08. The predicted molar refractivity (Wildman–Crippen MR) is 58.5 cm³/mol. The zero-order valence-corrected chi connectivity index (χ0v) is 8.30. The Balaban J connectivity index is 1.91. The number of thioether (sulfide) groups is 1. The van der Waals surface area contributed by atoms with Crippen LogP contribution in [0.25, 0.3) is 0 Å². The van der Waals surface area contributed by atoms with Crippen molar-refractivity contribution in [1.82, 2.24) is 0 Å². The maximum absolute atomic E-state index is 12.6. The zero-order valence-electron chi connectivity index (χ0n) is 7.48. The Morgan fingerprint density at radius 1 is 1.29 bits per heavy atom. The summed E-state index contributed by atoms with van der Waals surface area (Å²) < 4.78 is 12.6. The summed E-state index contributed by atoms with van der Waals surface area (Å²) in [5.74, 6) is 0.589. The molecule has 0 N–H and O–H groups in total. The largest absolute Gasteiger partial charge is 0.255 e. The van der Waals surface area contributed by atoms with Gasteiger partial charge in [-0.25, -0.2) is 9.38 Å². The Morgan fingerprint density at radius 3 is 2.71 bits per heavy atom. The lowest BCUT2D eigenvalue weighted by atomic mass is 10.2. The van der Waals surface area contributed by atoms with Gasteiger partial charge in [0, 0.05) is 12.0 Å². The molecule has 1 aromatic carbocycles. The van der Waals surface area contributed by atoms with Crippen LogP contribution < -0.4 is 0 Å². The van der Waals surface area contributed by atoms with Gasteiger partial charge in [-0.3, -0.25) is 4.99 Å².